The second-order valence-electron chi connectivity index (χ2n) is 12.7. The van der Waals surface area contributed by atoms with Crippen LogP contribution in [0.2, 0.25) is 0 Å². The topological polar surface area (TPSA) is 144 Å². The summed E-state index contributed by atoms with van der Waals surface area (Å²) < 4.78 is 30.5. The van der Waals surface area contributed by atoms with Crippen molar-refractivity contribution in [2.45, 2.75) is 96.9 Å². The first-order chi connectivity index (χ1) is 16.3. The number of fused-ring (bicyclic) bond motifs is 5. The molecule has 4 rings (SSSR count). The summed E-state index contributed by atoms with van der Waals surface area (Å²) in [6.45, 7) is 6.56. The maximum absolute atomic E-state index is 12.2. The highest BCUT2D eigenvalue weighted by Gasteiger charge is 2.65. The highest BCUT2D eigenvalue weighted by molar-refractivity contribution is 7.85. The van der Waals surface area contributed by atoms with Gasteiger partial charge in [-0.1, -0.05) is 20.8 Å². The zero-order valence-corrected chi connectivity index (χ0v) is 22.2. The molecule has 35 heavy (non-hydrogen) atoms. The molecular formula is C26H45NO7S. The quantitative estimate of drug-likeness (QED) is 0.327. The van der Waals surface area contributed by atoms with Crippen molar-refractivity contribution in [3.63, 3.8) is 0 Å². The average Bonchev–Trinajstić information content (AvgIpc) is 3.12. The van der Waals surface area contributed by atoms with Gasteiger partial charge in [-0.05, 0) is 97.7 Å². The Labute approximate surface area is 210 Å². The lowest BCUT2D eigenvalue weighted by Crippen LogP contribution is -2.62. The Balaban J connectivity index is 1.43. The molecule has 4 aliphatic carbocycles. The van der Waals surface area contributed by atoms with E-state index >= 15 is 0 Å². The van der Waals surface area contributed by atoms with Gasteiger partial charge >= 0.3 is 0 Å². The number of aliphatic hydroxyl groups is 3. The van der Waals surface area contributed by atoms with Crippen LogP contribution in [-0.2, 0) is 14.9 Å². The molecule has 0 radical (unpaired) electrons. The third kappa shape index (κ3) is 5.05. The van der Waals surface area contributed by atoms with Crippen LogP contribution in [0.4, 0.5) is 0 Å². The molecule has 0 unspecified atom stereocenters. The maximum Gasteiger partial charge on any atom is 0.266 e. The van der Waals surface area contributed by atoms with E-state index in [2.05, 4.69) is 26.1 Å². The Hall–Kier alpha value is -0.740. The second-order valence-corrected chi connectivity index (χ2v) is 14.2. The second kappa shape index (κ2) is 9.86. The van der Waals surface area contributed by atoms with Crippen LogP contribution in [0.25, 0.3) is 0 Å². The van der Waals surface area contributed by atoms with Crippen LogP contribution in [0.15, 0.2) is 0 Å². The minimum atomic E-state index is -4.10. The van der Waals surface area contributed by atoms with Crippen molar-refractivity contribution in [2.75, 3.05) is 12.3 Å². The van der Waals surface area contributed by atoms with Crippen LogP contribution < -0.4 is 5.32 Å². The summed E-state index contributed by atoms with van der Waals surface area (Å²) in [4.78, 5) is 12.2. The van der Waals surface area contributed by atoms with E-state index in [4.69, 9.17) is 4.55 Å². The lowest BCUT2D eigenvalue weighted by Gasteiger charge is -2.63. The molecule has 4 aliphatic rings. The van der Waals surface area contributed by atoms with Gasteiger partial charge in [-0.2, -0.15) is 8.42 Å². The number of nitrogens with one attached hydrogen (secondary N) is 1. The molecule has 0 aliphatic heterocycles. The monoisotopic (exact) mass is 515 g/mol. The zero-order chi connectivity index (χ0) is 25.8. The number of rotatable bonds is 7. The van der Waals surface area contributed by atoms with Crippen LogP contribution in [-0.4, -0.2) is 64.8 Å². The first kappa shape index (κ1) is 27.3. The van der Waals surface area contributed by atoms with Crippen molar-refractivity contribution < 1.29 is 33.1 Å². The van der Waals surface area contributed by atoms with Gasteiger partial charge in [0.2, 0.25) is 5.91 Å². The first-order valence-electron chi connectivity index (χ1n) is 13.5. The molecule has 0 saturated heterocycles. The van der Waals surface area contributed by atoms with E-state index in [1.807, 2.05) is 0 Å². The minimum Gasteiger partial charge on any atom is -0.393 e. The fourth-order valence-electron chi connectivity index (χ4n) is 9.10. The lowest BCUT2D eigenvalue weighted by atomic mass is 9.43. The Bertz CT molecular complexity index is 896. The standard InChI is InChI=1S/C26H45NO7S/c1-15(4-7-23(31)27-10-11-35(32,33)34)18-5-6-19-24-20(14-22(30)26(18,19)3)25(2)9-8-17(28)12-16(25)13-21(24)29/h15-22,24,28-30H,4-14H2,1-3H3,(H,27,31)(H,32,33,34)/t15-,16+,17-,18+,19-,20+,21-,22+,24-,25-,26-/m1/s1. The van der Waals surface area contributed by atoms with Gasteiger partial charge < -0.3 is 20.6 Å². The van der Waals surface area contributed by atoms with Gasteiger partial charge in [-0.15, -0.1) is 0 Å². The third-order valence-electron chi connectivity index (χ3n) is 11.0. The van der Waals surface area contributed by atoms with Gasteiger partial charge in [0.1, 0.15) is 0 Å². The number of amides is 1. The van der Waals surface area contributed by atoms with Crippen molar-refractivity contribution >= 4 is 16.0 Å². The molecule has 0 aromatic heterocycles. The van der Waals surface area contributed by atoms with Crippen LogP contribution in [0.3, 0.4) is 0 Å². The number of aliphatic hydroxyl groups excluding tert-OH is 3. The molecule has 4 fully saturated rings. The Morgan fingerprint density at radius 2 is 1.77 bits per heavy atom. The van der Waals surface area contributed by atoms with Gasteiger partial charge in [0.15, 0.2) is 0 Å². The molecule has 5 N–H and O–H groups in total. The molecule has 0 heterocycles. The largest absolute Gasteiger partial charge is 0.393 e. The molecule has 8 nitrogen and oxygen atoms in total. The smallest absolute Gasteiger partial charge is 0.266 e. The van der Waals surface area contributed by atoms with Crippen molar-refractivity contribution in [3.8, 4) is 0 Å². The summed E-state index contributed by atoms with van der Waals surface area (Å²) in [6, 6.07) is 0. The lowest BCUT2D eigenvalue weighted by molar-refractivity contribution is -0.207. The maximum atomic E-state index is 12.2. The summed E-state index contributed by atoms with van der Waals surface area (Å²) in [7, 11) is -4.10. The number of carbonyl (C=O) groups excluding carboxylic acids is 1. The molecule has 11 atom stereocenters. The summed E-state index contributed by atoms with van der Waals surface area (Å²) >= 11 is 0. The predicted octanol–water partition coefficient (Wildman–Crippen LogP) is 2.37. The van der Waals surface area contributed by atoms with E-state index < -0.39 is 28.1 Å². The van der Waals surface area contributed by atoms with Gasteiger partial charge in [0, 0.05) is 13.0 Å². The molecule has 0 aromatic rings. The van der Waals surface area contributed by atoms with Crippen LogP contribution in [0.5, 0.6) is 0 Å². The molecule has 202 valence electrons. The third-order valence-corrected chi connectivity index (χ3v) is 11.7. The average molecular weight is 516 g/mol. The van der Waals surface area contributed by atoms with Crippen molar-refractivity contribution in [1.29, 1.82) is 0 Å². The Morgan fingerprint density at radius 1 is 1.06 bits per heavy atom. The molecule has 4 saturated carbocycles. The zero-order valence-electron chi connectivity index (χ0n) is 21.4. The van der Waals surface area contributed by atoms with E-state index in [0.717, 1.165) is 38.5 Å². The SMILES string of the molecule is C[C@H](CCC(=O)NCCS(=O)(=O)O)[C@@H]1CC[C@@H]2[C@H]3[C@H](O)C[C@@H]4C[C@H](O)CC[C@@]4(C)[C@H]3C[C@H](O)[C@@]21C. The number of hydrogen-bond acceptors (Lipinski definition) is 6. The van der Waals surface area contributed by atoms with E-state index in [1.54, 1.807) is 0 Å². The van der Waals surface area contributed by atoms with E-state index in [1.165, 1.54) is 0 Å². The van der Waals surface area contributed by atoms with Crippen LogP contribution in [0.1, 0.15) is 78.6 Å². The first-order valence-corrected chi connectivity index (χ1v) is 15.1. The summed E-state index contributed by atoms with van der Waals surface area (Å²) in [5.74, 6) is 0.705. The van der Waals surface area contributed by atoms with Crippen LogP contribution in [0, 0.1) is 46.3 Å². The van der Waals surface area contributed by atoms with E-state index in [0.29, 0.717) is 18.8 Å². The number of hydrogen-bond donors (Lipinski definition) is 5. The van der Waals surface area contributed by atoms with Gasteiger partial charge in [-0.25, -0.2) is 0 Å². The minimum absolute atomic E-state index is 0.0509. The molecule has 0 spiro atoms. The van der Waals surface area contributed by atoms with E-state index in [9.17, 15) is 28.5 Å². The molecule has 9 heteroatoms. The summed E-state index contributed by atoms with van der Waals surface area (Å²) in [5, 5.41) is 35.8. The van der Waals surface area contributed by atoms with E-state index in [-0.39, 0.29) is 65.4 Å². The van der Waals surface area contributed by atoms with Gasteiger partial charge in [0.25, 0.3) is 10.1 Å². The fraction of sp³-hybridized carbons (Fsp3) is 0.962. The Morgan fingerprint density at radius 3 is 2.46 bits per heavy atom. The van der Waals surface area contributed by atoms with Crippen molar-refractivity contribution in [1.82, 2.24) is 5.32 Å². The normalized spacial score (nSPS) is 46.3. The molecular weight excluding hydrogens is 470 g/mol. The summed E-state index contributed by atoms with van der Waals surface area (Å²) in [6.07, 6.45) is 5.67. The molecule has 0 aromatic carbocycles. The van der Waals surface area contributed by atoms with Crippen molar-refractivity contribution in [3.05, 3.63) is 0 Å². The fourth-order valence-corrected chi connectivity index (χ4v) is 9.46. The molecule has 0 bridgehead atoms. The highest BCUT2D eigenvalue weighted by Crippen LogP contribution is 2.68. The van der Waals surface area contributed by atoms with Crippen molar-refractivity contribution in [2.24, 2.45) is 46.3 Å². The van der Waals surface area contributed by atoms with Gasteiger partial charge in [0.05, 0.1) is 24.1 Å². The summed E-state index contributed by atoms with van der Waals surface area (Å²) in [5.41, 5.74) is -0.254. The Kier molecular flexibility index (Phi) is 7.69. The highest BCUT2D eigenvalue weighted by atomic mass is 32.2. The predicted molar refractivity (Wildman–Crippen MR) is 132 cm³/mol. The number of carbonyl (C=O) groups is 1. The molecule has 1 amide bonds. The van der Waals surface area contributed by atoms with Gasteiger partial charge in [-0.3, -0.25) is 9.35 Å². The van der Waals surface area contributed by atoms with Crippen LogP contribution >= 0.6 is 0 Å².